The quantitative estimate of drug-likeness (QED) is 0.514. The number of anilines is 1. The smallest absolute Gasteiger partial charge is 0.253 e. The van der Waals surface area contributed by atoms with Crippen LogP contribution >= 0.6 is 11.3 Å². The van der Waals surface area contributed by atoms with E-state index in [1.165, 1.54) is 0 Å². The van der Waals surface area contributed by atoms with Gasteiger partial charge in [0.1, 0.15) is 17.0 Å². The van der Waals surface area contributed by atoms with Crippen molar-refractivity contribution in [1.82, 2.24) is 14.9 Å². The Balaban J connectivity index is 1.27. The molecule has 5 rings (SSSR count). The van der Waals surface area contributed by atoms with E-state index >= 15 is 0 Å². The lowest BCUT2D eigenvalue weighted by Gasteiger charge is -2.35. The van der Waals surface area contributed by atoms with Crippen molar-refractivity contribution in [2.75, 3.05) is 31.1 Å². The van der Waals surface area contributed by atoms with Gasteiger partial charge in [0.15, 0.2) is 0 Å². The lowest BCUT2D eigenvalue weighted by atomic mass is 10.0. The fourth-order valence-corrected chi connectivity index (χ4v) is 4.50. The molecule has 5 nitrogen and oxygen atoms in total. The van der Waals surface area contributed by atoms with E-state index in [1.54, 1.807) is 17.7 Å². The Morgan fingerprint density at radius 2 is 1.55 bits per heavy atom. The van der Waals surface area contributed by atoms with Crippen molar-refractivity contribution in [3.8, 4) is 11.1 Å². The SMILES string of the molecule is O=C(c1ccc(-c2ccccc2)cc1)N1CCN(c2ncnc3sccc23)CC1. The van der Waals surface area contributed by atoms with Crippen molar-refractivity contribution in [3.63, 3.8) is 0 Å². The summed E-state index contributed by atoms with van der Waals surface area (Å²) in [6.07, 6.45) is 1.62. The molecule has 0 atom stereocenters. The summed E-state index contributed by atoms with van der Waals surface area (Å²) in [6.45, 7) is 2.93. The van der Waals surface area contributed by atoms with Crippen molar-refractivity contribution >= 4 is 33.3 Å². The summed E-state index contributed by atoms with van der Waals surface area (Å²) < 4.78 is 0. The second kappa shape index (κ2) is 7.64. The molecule has 4 aromatic rings. The topological polar surface area (TPSA) is 49.3 Å². The number of amides is 1. The maximum atomic E-state index is 12.9. The molecule has 0 unspecified atom stereocenters. The number of nitrogens with zero attached hydrogens (tertiary/aromatic N) is 4. The Labute approximate surface area is 173 Å². The molecule has 1 aliphatic rings. The number of benzene rings is 2. The minimum Gasteiger partial charge on any atom is -0.352 e. The van der Waals surface area contributed by atoms with E-state index in [1.807, 2.05) is 52.7 Å². The van der Waals surface area contributed by atoms with Gasteiger partial charge in [0, 0.05) is 31.7 Å². The lowest BCUT2D eigenvalue weighted by Crippen LogP contribution is -2.49. The summed E-state index contributed by atoms with van der Waals surface area (Å²) in [5.74, 6) is 1.06. The van der Waals surface area contributed by atoms with Crippen LogP contribution in [0.3, 0.4) is 0 Å². The van der Waals surface area contributed by atoms with Crippen molar-refractivity contribution in [1.29, 1.82) is 0 Å². The van der Waals surface area contributed by atoms with E-state index in [0.29, 0.717) is 13.1 Å². The first-order chi connectivity index (χ1) is 14.3. The average Bonchev–Trinajstić information content (AvgIpc) is 3.29. The van der Waals surface area contributed by atoms with E-state index in [2.05, 4.69) is 33.1 Å². The van der Waals surface area contributed by atoms with Gasteiger partial charge >= 0.3 is 0 Å². The monoisotopic (exact) mass is 400 g/mol. The average molecular weight is 401 g/mol. The Morgan fingerprint density at radius 3 is 2.31 bits per heavy atom. The van der Waals surface area contributed by atoms with Crippen LogP contribution < -0.4 is 4.90 Å². The second-order valence-electron chi connectivity index (χ2n) is 7.06. The van der Waals surface area contributed by atoms with E-state index in [-0.39, 0.29) is 5.91 Å². The van der Waals surface area contributed by atoms with Crippen LogP contribution in [-0.4, -0.2) is 47.0 Å². The van der Waals surface area contributed by atoms with Crippen LogP contribution in [0.2, 0.25) is 0 Å². The molecule has 0 saturated carbocycles. The van der Waals surface area contributed by atoms with Crippen LogP contribution in [0.1, 0.15) is 10.4 Å². The van der Waals surface area contributed by atoms with Gasteiger partial charge in [-0.15, -0.1) is 11.3 Å². The van der Waals surface area contributed by atoms with Gasteiger partial charge in [-0.25, -0.2) is 9.97 Å². The molecule has 1 fully saturated rings. The van der Waals surface area contributed by atoms with Crippen LogP contribution in [0.15, 0.2) is 72.4 Å². The Bertz CT molecular complexity index is 1130. The van der Waals surface area contributed by atoms with Crippen LogP contribution in [-0.2, 0) is 0 Å². The van der Waals surface area contributed by atoms with Gasteiger partial charge in [-0.05, 0) is 34.7 Å². The number of piperazine rings is 1. The predicted octanol–water partition coefficient (Wildman–Crippen LogP) is 4.32. The summed E-state index contributed by atoms with van der Waals surface area (Å²) in [5.41, 5.74) is 3.01. The lowest BCUT2D eigenvalue weighted by molar-refractivity contribution is 0.0746. The zero-order valence-corrected chi connectivity index (χ0v) is 16.7. The first kappa shape index (κ1) is 17.8. The minimum absolute atomic E-state index is 0.0904. The number of carbonyl (C=O) groups is 1. The fraction of sp³-hybridized carbons (Fsp3) is 0.174. The highest BCUT2D eigenvalue weighted by Crippen LogP contribution is 2.27. The third-order valence-electron chi connectivity index (χ3n) is 5.35. The van der Waals surface area contributed by atoms with Gasteiger partial charge in [0.05, 0.1) is 5.39 Å². The van der Waals surface area contributed by atoms with Crippen LogP contribution in [0.5, 0.6) is 0 Å². The van der Waals surface area contributed by atoms with E-state index < -0.39 is 0 Å². The number of hydrogen-bond acceptors (Lipinski definition) is 5. The van der Waals surface area contributed by atoms with Gasteiger partial charge in [0.2, 0.25) is 0 Å². The minimum atomic E-state index is 0.0904. The van der Waals surface area contributed by atoms with Crippen molar-refractivity contribution in [2.45, 2.75) is 0 Å². The summed E-state index contributed by atoms with van der Waals surface area (Å²) in [5, 5.41) is 3.13. The molecule has 1 saturated heterocycles. The molecule has 2 aromatic carbocycles. The van der Waals surface area contributed by atoms with E-state index in [0.717, 1.165) is 45.8 Å². The molecular formula is C23H20N4OS. The number of hydrogen-bond donors (Lipinski definition) is 0. The largest absolute Gasteiger partial charge is 0.352 e. The zero-order valence-electron chi connectivity index (χ0n) is 15.9. The van der Waals surface area contributed by atoms with Crippen LogP contribution in [0.4, 0.5) is 5.82 Å². The van der Waals surface area contributed by atoms with E-state index in [4.69, 9.17) is 0 Å². The third-order valence-corrected chi connectivity index (χ3v) is 6.17. The standard InChI is InChI=1S/C23H20N4OS/c28-23(19-8-6-18(7-9-19)17-4-2-1-3-5-17)27-13-11-26(12-14-27)21-20-10-15-29-22(20)25-16-24-21/h1-10,15-16H,11-14H2. The molecule has 144 valence electrons. The van der Waals surface area contributed by atoms with Gasteiger partial charge in [-0.3, -0.25) is 4.79 Å². The first-order valence-electron chi connectivity index (χ1n) is 9.67. The molecule has 1 aliphatic heterocycles. The Morgan fingerprint density at radius 1 is 0.828 bits per heavy atom. The summed E-state index contributed by atoms with van der Waals surface area (Å²) in [4.78, 5) is 26.9. The number of aromatic nitrogens is 2. The molecule has 3 heterocycles. The molecule has 0 aliphatic carbocycles. The zero-order chi connectivity index (χ0) is 19.6. The van der Waals surface area contributed by atoms with Gasteiger partial charge in [0.25, 0.3) is 5.91 Å². The predicted molar refractivity (Wildman–Crippen MR) is 117 cm³/mol. The Hall–Kier alpha value is -3.25. The Kier molecular flexibility index (Phi) is 4.69. The third kappa shape index (κ3) is 3.47. The van der Waals surface area contributed by atoms with E-state index in [9.17, 15) is 4.79 Å². The maximum Gasteiger partial charge on any atom is 0.253 e. The number of fused-ring (bicyclic) bond motifs is 1. The number of rotatable bonds is 3. The molecule has 6 heteroatoms. The molecule has 2 aromatic heterocycles. The fourth-order valence-electron chi connectivity index (χ4n) is 3.77. The van der Waals surface area contributed by atoms with Crippen molar-refractivity contribution in [2.24, 2.45) is 0 Å². The molecule has 29 heavy (non-hydrogen) atoms. The summed E-state index contributed by atoms with van der Waals surface area (Å²) in [7, 11) is 0. The molecule has 0 bridgehead atoms. The molecule has 0 N–H and O–H groups in total. The molecule has 0 spiro atoms. The van der Waals surface area contributed by atoms with Crippen molar-refractivity contribution < 1.29 is 4.79 Å². The molecular weight excluding hydrogens is 380 g/mol. The molecule has 1 amide bonds. The van der Waals surface area contributed by atoms with Gasteiger partial charge < -0.3 is 9.80 Å². The highest BCUT2D eigenvalue weighted by molar-refractivity contribution is 7.16. The summed E-state index contributed by atoms with van der Waals surface area (Å²) in [6, 6.07) is 20.2. The second-order valence-corrected chi connectivity index (χ2v) is 7.95. The van der Waals surface area contributed by atoms with Crippen molar-refractivity contribution in [3.05, 3.63) is 77.9 Å². The van der Waals surface area contributed by atoms with Gasteiger partial charge in [-0.2, -0.15) is 0 Å². The van der Waals surface area contributed by atoms with Crippen LogP contribution in [0, 0.1) is 0 Å². The summed E-state index contributed by atoms with van der Waals surface area (Å²) >= 11 is 1.63. The number of thiophene rings is 1. The van der Waals surface area contributed by atoms with Crippen LogP contribution in [0.25, 0.3) is 21.3 Å². The molecule has 0 radical (unpaired) electrons. The van der Waals surface area contributed by atoms with Gasteiger partial charge in [-0.1, -0.05) is 42.5 Å². The number of carbonyl (C=O) groups excluding carboxylic acids is 1. The normalized spacial score (nSPS) is 14.3. The highest BCUT2D eigenvalue weighted by atomic mass is 32.1. The highest BCUT2D eigenvalue weighted by Gasteiger charge is 2.24. The first-order valence-corrected chi connectivity index (χ1v) is 10.6. The maximum absolute atomic E-state index is 12.9.